The van der Waals surface area contributed by atoms with E-state index in [1.54, 1.807) is 12.1 Å². The molecule has 0 radical (unpaired) electrons. The first-order valence-corrected chi connectivity index (χ1v) is 12.7. The number of fused-ring (bicyclic) bond motifs is 1. The van der Waals surface area contributed by atoms with Crippen LogP contribution in [0.2, 0.25) is 0 Å². The van der Waals surface area contributed by atoms with Crippen molar-refractivity contribution in [1.29, 1.82) is 0 Å². The highest BCUT2D eigenvalue weighted by Gasteiger charge is 2.73. The maximum absolute atomic E-state index is 13.5. The fourth-order valence-electron chi connectivity index (χ4n) is 6.25. The summed E-state index contributed by atoms with van der Waals surface area (Å²) in [5.41, 5.74) is 11.4. The quantitative estimate of drug-likeness (QED) is 0.152. The summed E-state index contributed by atoms with van der Waals surface area (Å²) < 4.78 is 5.87. The lowest BCUT2D eigenvalue weighted by atomic mass is 9.79. The minimum atomic E-state index is -2.66. The van der Waals surface area contributed by atoms with Gasteiger partial charge >= 0.3 is 6.03 Å². The van der Waals surface area contributed by atoms with Gasteiger partial charge in [-0.2, -0.15) is 0 Å². The average molecular weight is 542 g/mol. The van der Waals surface area contributed by atoms with Crippen molar-refractivity contribution in [3.05, 3.63) is 29.3 Å². The van der Waals surface area contributed by atoms with E-state index in [0.29, 0.717) is 12.4 Å². The number of nitrogens with zero attached hydrogens (tertiary/aromatic N) is 4. The Balaban J connectivity index is 1.32. The lowest BCUT2D eigenvalue weighted by Crippen LogP contribution is -2.78. The molecule has 1 unspecified atom stereocenters. The number of hydrogen-bond acceptors (Lipinski definition) is 12. The van der Waals surface area contributed by atoms with Crippen LogP contribution < -0.4 is 32.2 Å². The van der Waals surface area contributed by atoms with Crippen LogP contribution in [0.15, 0.2) is 28.2 Å². The van der Waals surface area contributed by atoms with Gasteiger partial charge in [0.15, 0.2) is 17.6 Å². The second-order valence-electron chi connectivity index (χ2n) is 11.1. The Bertz CT molecular complexity index is 1330. The lowest BCUT2D eigenvalue weighted by Gasteiger charge is -2.49. The Morgan fingerprint density at radius 2 is 2.03 bits per heavy atom. The number of amides is 4. The van der Waals surface area contributed by atoms with Gasteiger partial charge in [0.1, 0.15) is 17.8 Å². The molecule has 5 heterocycles. The summed E-state index contributed by atoms with van der Waals surface area (Å²) in [6.45, 7) is 4.09. The van der Waals surface area contributed by atoms with E-state index in [1.807, 2.05) is 6.07 Å². The first-order chi connectivity index (χ1) is 18.4. The van der Waals surface area contributed by atoms with Crippen LogP contribution in [-0.4, -0.2) is 106 Å². The number of benzene rings is 1. The minimum absolute atomic E-state index is 0.0906. The van der Waals surface area contributed by atoms with Crippen molar-refractivity contribution >= 4 is 29.8 Å². The van der Waals surface area contributed by atoms with Gasteiger partial charge in [-0.25, -0.2) is 14.8 Å². The largest absolute Gasteiger partial charge is 0.492 e. The van der Waals surface area contributed by atoms with Crippen molar-refractivity contribution in [1.82, 2.24) is 25.8 Å². The number of imide groups is 1. The van der Waals surface area contributed by atoms with Gasteiger partial charge < -0.3 is 47.3 Å². The lowest BCUT2D eigenvalue weighted by molar-refractivity contribution is -0.230. The molecule has 208 valence electrons. The molecule has 39 heavy (non-hydrogen) atoms. The van der Waals surface area contributed by atoms with Crippen LogP contribution in [0, 0.1) is 0 Å². The summed E-state index contributed by atoms with van der Waals surface area (Å²) in [6, 6.07) is 1.44. The number of aliphatic hydroxyl groups is 2. The van der Waals surface area contributed by atoms with E-state index in [-0.39, 0.29) is 42.5 Å². The molecule has 1 spiro atoms. The second kappa shape index (κ2) is 8.19. The fraction of sp³-hybridized carbons (Fsp3) is 0.542. The van der Waals surface area contributed by atoms with E-state index in [0.717, 1.165) is 16.9 Å². The maximum Gasteiger partial charge on any atom is 0.324 e. The van der Waals surface area contributed by atoms with Crippen LogP contribution in [0.3, 0.4) is 0 Å². The number of urea groups is 1. The molecule has 15 nitrogen and oxygen atoms in total. The van der Waals surface area contributed by atoms with Gasteiger partial charge in [0.25, 0.3) is 5.91 Å². The number of carbonyl (C=O) groups is 3. The van der Waals surface area contributed by atoms with Gasteiger partial charge in [-0.15, -0.1) is 0 Å². The molecule has 0 bridgehead atoms. The Labute approximate surface area is 223 Å². The molecule has 0 aromatic heterocycles. The van der Waals surface area contributed by atoms with Gasteiger partial charge in [0.05, 0.1) is 31.3 Å². The molecule has 2 fully saturated rings. The molecule has 2 saturated heterocycles. The monoisotopic (exact) mass is 541 g/mol. The number of hydrogen-bond donors (Lipinski definition) is 7. The van der Waals surface area contributed by atoms with Crippen LogP contribution in [0.1, 0.15) is 36.2 Å². The molecule has 15 heteroatoms. The second-order valence-corrected chi connectivity index (χ2v) is 11.1. The summed E-state index contributed by atoms with van der Waals surface area (Å²) in [5.74, 6) is -3.42. The maximum atomic E-state index is 13.5. The third-order valence-corrected chi connectivity index (χ3v) is 8.38. The van der Waals surface area contributed by atoms with E-state index >= 15 is 0 Å². The third kappa shape index (κ3) is 3.45. The summed E-state index contributed by atoms with van der Waals surface area (Å²) in [5, 5.41) is 31.3. The zero-order chi connectivity index (χ0) is 27.9. The van der Waals surface area contributed by atoms with Crippen LogP contribution in [0.4, 0.5) is 4.79 Å². The van der Waals surface area contributed by atoms with Crippen molar-refractivity contribution in [2.24, 2.45) is 21.5 Å². The average Bonchev–Trinajstić information content (AvgIpc) is 3.46. The molecule has 1 aromatic carbocycles. The Kier molecular flexibility index (Phi) is 5.29. The highest BCUT2D eigenvalue weighted by molar-refractivity contribution is 6.02. The molecule has 0 saturated carbocycles. The molecule has 4 atom stereocenters. The minimum Gasteiger partial charge on any atom is -0.492 e. The predicted octanol–water partition coefficient (Wildman–Crippen LogP) is -2.93. The smallest absolute Gasteiger partial charge is 0.324 e. The zero-order valence-corrected chi connectivity index (χ0v) is 21.5. The predicted molar refractivity (Wildman–Crippen MR) is 137 cm³/mol. The normalized spacial score (nSPS) is 31.7. The van der Waals surface area contributed by atoms with Crippen molar-refractivity contribution in [3.63, 3.8) is 0 Å². The molecule has 6 rings (SSSR count). The Morgan fingerprint density at radius 1 is 1.26 bits per heavy atom. The summed E-state index contributed by atoms with van der Waals surface area (Å²) in [4.78, 5) is 49.1. The first kappa shape index (κ1) is 25.2. The number of guanidine groups is 2. The van der Waals surface area contributed by atoms with Crippen molar-refractivity contribution in [2.45, 2.75) is 55.3 Å². The van der Waals surface area contributed by atoms with Crippen molar-refractivity contribution in [2.75, 3.05) is 26.2 Å². The van der Waals surface area contributed by atoms with Crippen molar-refractivity contribution < 1.29 is 29.3 Å². The summed E-state index contributed by atoms with van der Waals surface area (Å²) in [6.07, 6.45) is 0.792. The topological polar surface area (TPSA) is 220 Å². The molecule has 5 aliphatic rings. The number of para-hydroxylation sites is 1. The van der Waals surface area contributed by atoms with Gasteiger partial charge in [-0.05, 0) is 17.9 Å². The molecule has 1 aromatic rings. The highest BCUT2D eigenvalue weighted by Crippen LogP contribution is 2.45. The van der Waals surface area contributed by atoms with Crippen LogP contribution in [0.25, 0.3) is 0 Å². The summed E-state index contributed by atoms with van der Waals surface area (Å²) in [7, 11) is 0. The van der Waals surface area contributed by atoms with Gasteiger partial charge in [-0.3, -0.25) is 14.5 Å². The molecule has 5 aliphatic heterocycles. The first-order valence-electron chi connectivity index (χ1n) is 12.7. The van der Waals surface area contributed by atoms with Crippen molar-refractivity contribution in [3.8, 4) is 5.75 Å². The zero-order valence-electron chi connectivity index (χ0n) is 21.5. The molecular weight excluding hydrogens is 510 g/mol. The van der Waals surface area contributed by atoms with Gasteiger partial charge in [0, 0.05) is 12.1 Å². The summed E-state index contributed by atoms with van der Waals surface area (Å²) >= 11 is 0. The number of nitrogens with two attached hydrogens (primary N) is 2. The van der Waals surface area contributed by atoms with Gasteiger partial charge in [0.2, 0.25) is 11.7 Å². The number of carbonyl (C=O) groups excluding carboxylic acids is 3. The standard InChI is InChI=1S/C24H31N9O6/c1-22(2)6-7-39-16-11(4-3-5-12(16)22)18(35)29-14-10-33-20(26)28-13(9-32-15(34)8-27-21(32)36)17-23(33,24(14,37)38)31-19(25)30-17/h3-5,13-14,17,37-38H,6-10H2,1-2H3,(H2,26,28)(H,27,36)(H,29,35)(H3,25,30,31)/t13-,14?,17-,23-/m0/s1. The fourth-order valence-corrected chi connectivity index (χ4v) is 6.25. The van der Waals surface area contributed by atoms with Gasteiger partial charge in [-0.1, -0.05) is 26.0 Å². The van der Waals surface area contributed by atoms with E-state index in [4.69, 9.17) is 16.2 Å². The SMILES string of the molecule is CC1(C)CCOc2c(C(=O)NC3CN4C(N)=N[C@@H](CN5C(=O)CNC5=O)[C@@H]5N=C(N)N[C@@]54C3(O)O)cccc21. The number of ether oxygens (including phenoxy) is 1. The van der Waals surface area contributed by atoms with E-state index in [1.165, 1.54) is 4.90 Å². The Morgan fingerprint density at radius 3 is 2.74 bits per heavy atom. The highest BCUT2D eigenvalue weighted by atomic mass is 16.5. The van der Waals surface area contributed by atoms with E-state index in [9.17, 15) is 24.6 Å². The van der Waals surface area contributed by atoms with E-state index in [2.05, 4.69) is 39.8 Å². The third-order valence-electron chi connectivity index (χ3n) is 8.38. The van der Waals surface area contributed by atoms with Crippen LogP contribution >= 0.6 is 0 Å². The number of nitrogens with one attached hydrogen (secondary N) is 3. The van der Waals surface area contributed by atoms with Crippen LogP contribution in [-0.2, 0) is 10.2 Å². The van der Waals surface area contributed by atoms with E-state index < -0.39 is 47.4 Å². The molecule has 0 aliphatic carbocycles. The molecule has 4 amide bonds. The molecular formula is C24H31N9O6. The van der Waals surface area contributed by atoms with Crippen LogP contribution in [0.5, 0.6) is 5.75 Å². The number of aliphatic imine (C=N–C) groups is 2. The molecule has 9 N–H and O–H groups in total. The number of rotatable bonds is 4. The Hall–Kier alpha value is -4.11.